The van der Waals surface area contributed by atoms with E-state index >= 15 is 0 Å². The summed E-state index contributed by atoms with van der Waals surface area (Å²) in [6.07, 6.45) is 0. The van der Waals surface area contributed by atoms with Crippen LogP contribution < -0.4 is 10.5 Å². The molecule has 0 fully saturated rings. The summed E-state index contributed by atoms with van der Waals surface area (Å²) in [6.45, 7) is -0.276. The predicted octanol–water partition coefficient (Wildman–Crippen LogP) is 1.36. The van der Waals surface area contributed by atoms with Crippen molar-refractivity contribution in [1.29, 1.82) is 0 Å². The fourth-order valence-corrected chi connectivity index (χ4v) is 3.08. The maximum atomic E-state index is 11.7. The number of carbonyl (C=O) groups is 1. The fraction of sp³-hybridized carbons (Fsp3) is 0.364. The Morgan fingerprint density at radius 1 is 1.57 bits per heavy atom. The highest BCUT2D eigenvalue weighted by molar-refractivity contribution is 9.10. The molecule has 2 aromatic heterocycles. The number of amides is 1. The number of hydrogen-bond acceptors (Lipinski definition) is 7. The molecule has 0 aromatic carbocycles. The molecule has 21 heavy (non-hydrogen) atoms. The number of hydroxylamine groups is 2. The van der Waals surface area contributed by atoms with E-state index in [0.717, 1.165) is 14.2 Å². The lowest BCUT2D eigenvalue weighted by molar-refractivity contribution is -0.169. The summed E-state index contributed by atoms with van der Waals surface area (Å²) >= 11 is 4.63. The molecule has 0 aliphatic rings. The molecule has 2 rings (SSSR count). The first-order valence-corrected chi connectivity index (χ1v) is 7.35. The molecule has 2 heterocycles. The Morgan fingerprint density at radius 3 is 2.90 bits per heavy atom. The molecule has 0 unspecified atom stereocenters. The molecule has 0 radical (unpaired) electrons. The lowest BCUT2D eigenvalue weighted by atomic mass is 10.4. The molecule has 0 bridgehead atoms. The van der Waals surface area contributed by atoms with Crippen LogP contribution in [-0.2, 0) is 16.2 Å². The number of carbonyl (C=O) groups excluding carboxylic acids is 1. The molecule has 0 aliphatic carbocycles. The Labute approximate surface area is 131 Å². The number of likely N-dealkylation sites (N-methyl/N-ethyl adjacent to an activating group) is 1. The van der Waals surface area contributed by atoms with Gasteiger partial charge >= 0.3 is 5.76 Å². The second-order valence-electron chi connectivity index (χ2n) is 3.85. The molecule has 8 nitrogen and oxygen atoms in total. The zero-order chi connectivity index (χ0) is 15.6. The number of thiophene rings is 1. The molecular weight excluding hydrogens is 366 g/mol. The summed E-state index contributed by atoms with van der Waals surface area (Å²) in [5, 5.41) is 6.79. The van der Waals surface area contributed by atoms with Crippen LogP contribution in [0.1, 0.15) is 0 Å². The van der Waals surface area contributed by atoms with Gasteiger partial charge in [0.25, 0.3) is 11.8 Å². The van der Waals surface area contributed by atoms with Crippen molar-refractivity contribution >= 4 is 33.2 Å². The summed E-state index contributed by atoms with van der Waals surface area (Å²) in [6, 6.07) is 0. The molecule has 1 amide bonds. The third-order valence-electron chi connectivity index (χ3n) is 2.62. The van der Waals surface area contributed by atoms with E-state index < -0.39 is 11.7 Å². The van der Waals surface area contributed by atoms with E-state index in [2.05, 4.69) is 21.0 Å². The van der Waals surface area contributed by atoms with Gasteiger partial charge in [-0.2, -0.15) is 4.68 Å². The fourth-order valence-electron chi connectivity index (χ4n) is 1.49. The monoisotopic (exact) mass is 377 g/mol. The van der Waals surface area contributed by atoms with Crippen LogP contribution >= 0.6 is 27.3 Å². The molecular formula is C11H12BrN3O5S. The van der Waals surface area contributed by atoms with E-state index in [1.165, 1.54) is 32.6 Å². The Hall–Kier alpha value is -1.65. The third kappa shape index (κ3) is 3.17. The average molecular weight is 378 g/mol. The SMILES string of the molecule is COc1c(Br)csc1-c1nn(CC(=O)N(C)OC)c(=O)o1. The van der Waals surface area contributed by atoms with Gasteiger partial charge in [0.05, 0.1) is 18.7 Å². The summed E-state index contributed by atoms with van der Waals surface area (Å²) in [7, 11) is 4.29. The summed E-state index contributed by atoms with van der Waals surface area (Å²) < 4.78 is 11.9. The van der Waals surface area contributed by atoms with Gasteiger partial charge in [-0.25, -0.2) is 9.86 Å². The van der Waals surface area contributed by atoms with E-state index in [4.69, 9.17) is 14.0 Å². The lowest BCUT2D eigenvalue weighted by Gasteiger charge is -2.12. The smallest absolute Gasteiger partial charge is 0.437 e. The van der Waals surface area contributed by atoms with Gasteiger partial charge in [-0.05, 0) is 15.9 Å². The number of nitrogens with zero attached hydrogens (tertiary/aromatic N) is 3. The number of methoxy groups -OCH3 is 1. The third-order valence-corrected chi connectivity index (χ3v) is 4.46. The number of rotatable bonds is 5. The Bertz CT molecular complexity index is 707. The molecule has 0 saturated heterocycles. The maximum Gasteiger partial charge on any atom is 0.437 e. The first kappa shape index (κ1) is 15.7. The van der Waals surface area contributed by atoms with Gasteiger partial charge in [0.2, 0.25) is 0 Å². The summed E-state index contributed by atoms with van der Waals surface area (Å²) in [4.78, 5) is 28.7. The van der Waals surface area contributed by atoms with Crippen molar-refractivity contribution in [2.45, 2.75) is 6.54 Å². The zero-order valence-electron chi connectivity index (χ0n) is 11.5. The molecule has 0 saturated carbocycles. The minimum Gasteiger partial charge on any atom is -0.494 e. The van der Waals surface area contributed by atoms with E-state index in [1.54, 1.807) is 5.38 Å². The van der Waals surface area contributed by atoms with Gasteiger partial charge < -0.3 is 9.15 Å². The second-order valence-corrected chi connectivity index (χ2v) is 5.58. The minimum atomic E-state index is -0.727. The first-order valence-electron chi connectivity index (χ1n) is 5.67. The second kappa shape index (κ2) is 6.41. The zero-order valence-corrected chi connectivity index (χ0v) is 13.9. The summed E-state index contributed by atoms with van der Waals surface area (Å²) in [5.41, 5.74) is 0. The van der Waals surface area contributed by atoms with Gasteiger partial charge in [-0.3, -0.25) is 9.63 Å². The largest absolute Gasteiger partial charge is 0.494 e. The van der Waals surface area contributed by atoms with Crippen LogP contribution in [0.3, 0.4) is 0 Å². The van der Waals surface area contributed by atoms with E-state index in [0.29, 0.717) is 10.6 Å². The van der Waals surface area contributed by atoms with Crippen molar-refractivity contribution in [3.8, 4) is 16.5 Å². The van der Waals surface area contributed by atoms with Crippen LogP contribution in [0.2, 0.25) is 0 Å². The highest BCUT2D eigenvalue weighted by Crippen LogP contribution is 2.40. The quantitative estimate of drug-likeness (QED) is 0.731. The highest BCUT2D eigenvalue weighted by Gasteiger charge is 2.21. The maximum absolute atomic E-state index is 11.7. The van der Waals surface area contributed by atoms with Crippen LogP contribution in [0.15, 0.2) is 19.1 Å². The molecule has 2 aromatic rings. The number of halogens is 1. The average Bonchev–Trinajstić information content (AvgIpc) is 3.01. The normalized spacial score (nSPS) is 10.7. The van der Waals surface area contributed by atoms with Crippen LogP contribution in [0.4, 0.5) is 0 Å². The standard InChI is InChI=1S/C11H12BrN3O5S/c1-14(19-3)7(16)4-15-11(17)20-10(13-15)9-8(18-2)6(12)5-21-9/h5H,4H2,1-3H3. The van der Waals surface area contributed by atoms with Crippen LogP contribution in [0, 0.1) is 0 Å². The van der Waals surface area contributed by atoms with Gasteiger partial charge in [-0.1, -0.05) is 0 Å². The van der Waals surface area contributed by atoms with Gasteiger partial charge in [0.1, 0.15) is 11.4 Å². The van der Waals surface area contributed by atoms with Crippen molar-refractivity contribution in [3.63, 3.8) is 0 Å². The van der Waals surface area contributed by atoms with Crippen LogP contribution in [0.25, 0.3) is 10.8 Å². The molecule has 114 valence electrons. The van der Waals surface area contributed by atoms with Gasteiger partial charge in [-0.15, -0.1) is 16.4 Å². The topological polar surface area (TPSA) is 86.8 Å². The number of ether oxygens (including phenoxy) is 1. The van der Waals surface area contributed by atoms with Crippen LogP contribution in [0.5, 0.6) is 5.75 Å². The Morgan fingerprint density at radius 2 is 2.29 bits per heavy atom. The minimum absolute atomic E-state index is 0.0976. The molecule has 0 atom stereocenters. The van der Waals surface area contributed by atoms with Gasteiger partial charge in [0.15, 0.2) is 5.75 Å². The van der Waals surface area contributed by atoms with Crippen molar-refractivity contribution in [1.82, 2.24) is 14.8 Å². The van der Waals surface area contributed by atoms with E-state index in [9.17, 15) is 9.59 Å². The molecule has 0 N–H and O–H groups in total. The molecule has 10 heteroatoms. The predicted molar refractivity (Wildman–Crippen MR) is 78.1 cm³/mol. The van der Waals surface area contributed by atoms with Crippen LogP contribution in [-0.4, -0.2) is 42.0 Å². The lowest BCUT2D eigenvalue weighted by Crippen LogP contribution is -2.32. The Balaban J connectivity index is 2.31. The van der Waals surface area contributed by atoms with Crippen molar-refractivity contribution in [3.05, 3.63) is 20.4 Å². The van der Waals surface area contributed by atoms with Gasteiger partial charge in [0, 0.05) is 12.4 Å². The molecule has 0 spiro atoms. The number of hydrogen-bond donors (Lipinski definition) is 0. The molecule has 0 aliphatic heterocycles. The first-order chi connectivity index (χ1) is 9.97. The van der Waals surface area contributed by atoms with Crippen molar-refractivity contribution in [2.75, 3.05) is 21.3 Å². The van der Waals surface area contributed by atoms with Crippen molar-refractivity contribution < 1.29 is 18.8 Å². The Kier molecular flexibility index (Phi) is 4.80. The van der Waals surface area contributed by atoms with E-state index in [1.807, 2.05) is 0 Å². The highest BCUT2D eigenvalue weighted by atomic mass is 79.9. The van der Waals surface area contributed by atoms with E-state index in [-0.39, 0.29) is 12.4 Å². The van der Waals surface area contributed by atoms with Crippen molar-refractivity contribution in [2.24, 2.45) is 0 Å². The number of aromatic nitrogens is 2. The summed E-state index contributed by atoms with van der Waals surface area (Å²) in [5.74, 6) is -0.539.